The van der Waals surface area contributed by atoms with Crippen molar-refractivity contribution in [1.82, 2.24) is 0 Å². The van der Waals surface area contributed by atoms with Gasteiger partial charge in [0.2, 0.25) is 0 Å². The Morgan fingerprint density at radius 3 is 0.630 bits per heavy atom. The van der Waals surface area contributed by atoms with E-state index in [1.165, 1.54) is 20.8 Å². The summed E-state index contributed by atoms with van der Waals surface area (Å²) in [6, 6.07) is 11.7. The molecule has 0 saturated carbocycles. The summed E-state index contributed by atoms with van der Waals surface area (Å²) in [7, 11) is 0.896. The molecule has 0 aliphatic rings. The molecule has 8 aromatic carbocycles. The van der Waals surface area contributed by atoms with E-state index < -0.39 is 194 Å². The maximum absolute atomic E-state index is 17.8. The normalized spacial score (nSPS) is 11.6. The fourth-order valence-corrected chi connectivity index (χ4v) is 9.97. The molecule has 0 aliphatic heterocycles. The number of methoxy groups -OCH3 is 1. The van der Waals surface area contributed by atoms with Crippen molar-refractivity contribution < 1.29 is 94.2 Å². The van der Waals surface area contributed by atoms with E-state index in [2.05, 4.69) is 4.74 Å². The Labute approximate surface area is 448 Å². The zero-order valence-electron chi connectivity index (χ0n) is 42.0. The van der Waals surface area contributed by atoms with Gasteiger partial charge in [-0.2, -0.15) is 0 Å². The highest BCUT2D eigenvalue weighted by Crippen LogP contribution is 2.39. The molecule has 8 aromatic rings. The summed E-state index contributed by atoms with van der Waals surface area (Å²) in [4.78, 5) is 49.3. The zero-order valence-corrected chi connectivity index (χ0v) is 42.0. The van der Waals surface area contributed by atoms with Crippen molar-refractivity contribution in [3.63, 3.8) is 0 Å². The van der Waals surface area contributed by atoms with Gasteiger partial charge in [0.1, 0.15) is 52.7 Å². The summed E-state index contributed by atoms with van der Waals surface area (Å²) in [6.45, 7) is 4.18. The first-order chi connectivity index (χ1) is 38.4. The smallest absolute Gasteiger partial charge is 0.337 e. The van der Waals surface area contributed by atoms with Gasteiger partial charge in [-0.3, -0.25) is 14.4 Å². The van der Waals surface area contributed by atoms with Crippen LogP contribution in [0.5, 0.6) is 0 Å². The molecule has 81 heavy (non-hydrogen) atoms. The minimum Gasteiger partial charge on any atom is -0.465 e. The van der Waals surface area contributed by atoms with E-state index in [0.29, 0.717) is 48.5 Å². The number of halogens is 16. The first-order valence-corrected chi connectivity index (χ1v) is 24.1. The Hall–Kier alpha value is -8.82. The minimum absolute atomic E-state index is 0.162. The monoisotopic (exact) mass is 1140 g/mol. The van der Waals surface area contributed by atoms with E-state index in [1.54, 1.807) is 0 Å². The summed E-state index contributed by atoms with van der Waals surface area (Å²) in [5, 5.41) is 0. The molecule has 0 amide bonds. The molecule has 0 spiro atoms. The van der Waals surface area contributed by atoms with Gasteiger partial charge < -0.3 is 4.74 Å². The second kappa shape index (κ2) is 22.4. The third-order valence-electron chi connectivity index (χ3n) is 14.0. The number of hydrogen-bond acceptors (Lipinski definition) is 5. The van der Waals surface area contributed by atoms with Crippen LogP contribution >= 0.6 is 0 Å². The van der Waals surface area contributed by atoms with Crippen LogP contribution in [0.1, 0.15) is 81.5 Å². The molecule has 22 heteroatoms. The standard InChI is InChI=1S/C59H34BF16O5/c1-5-32(77)24-8-14-27(15-9-24)35-43(61)51(69)39(52(70)44(35)62)60(40-53(71)45(63)36(46(64)54(40)72)28-16-10-25(11-17-28)33(78)6-2,41-55(73)47(65)37(48(66)56(41)74)29-18-12-26(13-19-29)34(79)7-3)42-57(75)49(67)38(50(68)58(42)76)30-20-22-31(23-21-30)59(80)81-4/h8-23H,5-7H2,1-4H3/q-1. The lowest BCUT2D eigenvalue weighted by Crippen LogP contribution is -2.81. The van der Waals surface area contributed by atoms with Crippen LogP contribution < -0.4 is 21.9 Å². The number of carbonyl (C=O) groups is 4. The molecule has 0 aliphatic carbocycles. The highest BCUT2D eigenvalue weighted by molar-refractivity contribution is 7.20. The van der Waals surface area contributed by atoms with Crippen LogP contribution in [0.25, 0.3) is 44.5 Å². The van der Waals surface area contributed by atoms with Crippen molar-refractivity contribution in [2.45, 2.75) is 40.0 Å². The van der Waals surface area contributed by atoms with Crippen LogP contribution in [-0.2, 0) is 4.74 Å². The minimum atomic E-state index is -7.12. The maximum Gasteiger partial charge on any atom is 0.337 e. The average molecular weight is 1140 g/mol. The summed E-state index contributed by atoms with van der Waals surface area (Å²) in [5.41, 5.74) is -25.3. The number of rotatable bonds is 15. The molecule has 0 bridgehead atoms. The summed E-state index contributed by atoms with van der Waals surface area (Å²) >= 11 is 0. The van der Waals surface area contributed by atoms with Crippen LogP contribution in [0.15, 0.2) is 97.1 Å². The van der Waals surface area contributed by atoms with Crippen LogP contribution in [0.3, 0.4) is 0 Å². The topological polar surface area (TPSA) is 77.5 Å². The second-order valence-electron chi connectivity index (χ2n) is 18.2. The molecule has 0 N–H and O–H groups in total. The second-order valence-corrected chi connectivity index (χ2v) is 18.2. The number of benzene rings is 8. The average Bonchev–Trinajstić information content (AvgIpc) is 3.49. The Kier molecular flexibility index (Phi) is 16.1. The van der Waals surface area contributed by atoms with Crippen molar-refractivity contribution in [2.24, 2.45) is 0 Å². The summed E-state index contributed by atoms with van der Waals surface area (Å²) in [5.74, 6) is -52.4. The van der Waals surface area contributed by atoms with Gasteiger partial charge >= 0.3 is 5.97 Å². The first-order valence-electron chi connectivity index (χ1n) is 24.1. The quantitative estimate of drug-likeness (QED) is 0.0336. The molecule has 0 fully saturated rings. The summed E-state index contributed by atoms with van der Waals surface area (Å²) < 4.78 is 284. The molecular formula is C59H34BF16O5-. The van der Waals surface area contributed by atoms with E-state index in [0.717, 1.165) is 55.6 Å². The molecule has 0 heterocycles. The fourth-order valence-electron chi connectivity index (χ4n) is 9.97. The number of ketones is 3. The van der Waals surface area contributed by atoms with Gasteiger partial charge in [0.05, 0.1) is 34.9 Å². The SMILES string of the molecule is CCC(=O)c1ccc(-c2c(F)c(F)c([B-](c3c(F)c(F)c(-c4ccc(C(=O)CC)cc4)c(F)c3F)(c3c(F)c(F)c(-c4ccc(C(=O)CC)cc4)c(F)c3F)c3c(F)c(F)c(-c4ccc(C(=O)OC)cc4)c(F)c3F)c(F)c2F)cc1. The van der Waals surface area contributed by atoms with Gasteiger partial charge in [0, 0.05) is 36.0 Å². The molecule has 0 radical (unpaired) electrons. The Bertz CT molecular complexity index is 3310. The van der Waals surface area contributed by atoms with Crippen LogP contribution in [0, 0.1) is 93.1 Å². The number of ether oxygens (including phenoxy) is 1. The van der Waals surface area contributed by atoms with Gasteiger partial charge in [-0.1, -0.05) is 106 Å². The van der Waals surface area contributed by atoms with Crippen molar-refractivity contribution in [3.05, 3.63) is 212 Å². The predicted octanol–water partition coefficient (Wildman–Crippen LogP) is 13.5. The van der Waals surface area contributed by atoms with E-state index in [1.807, 2.05) is 0 Å². The van der Waals surface area contributed by atoms with Gasteiger partial charge in [-0.15, -0.1) is 21.9 Å². The predicted molar refractivity (Wildman–Crippen MR) is 266 cm³/mol. The Balaban J connectivity index is 1.64. The molecule has 8 rings (SSSR count). The molecular weight excluding hydrogens is 1100 g/mol. The number of carbonyl (C=O) groups excluding carboxylic acids is 4. The van der Waals surface area contributed by atoms with Crippen molar-refractivity contribution in [2.75, 3.05) is 7.11 Å². The molecule has 0 unspecified atom stereocenters. The van der Waals surface area contributed by atoms with Crippen molar-refractivity contribution in [1.29, 1.82) is 0 Å². The fraction of sp³-hybridized carbons (Fsp3) is 0.119. The molecule has 5 nitrogen and oxygen atoms in total. The van der Waals surface area contributed by atoms with E-state index in [-0.39, 0.29) is 36.0 Å². The van der Waals surface area contributed by atoms with Gasteiger partial charge in [0.25, 0.3) is 0 Å². The third-order valence-corrected chi connectivity index (χ3v) is 14.0. The van der Waals surface area contributed by atoms with E-state index in [9.17, 15) is 19.2 Å². The van der Waals surface area contributed by atoms with Gasteiger partial charge in [-0.05, 0) is 34.4 Å². The van der Waals surface area contributed by atoms with E-state index >= 15 is 70.2 Å². The van der Waals surface area contributed by atoms with Crippen molar-refractivity contribution >= 4 is 51.3 Å². The lowest BCUT2D eigenvalue weighted by molar-refractivity contribution is 0.0600. The molecule has 0 atom stereocenters. The van der Waals surface area contributed by atoms with Crippen LogP contribution in [-0.4, -0.2) is 36.6 Å². The molecule has 416 valence electrons. The molecule has 0 saturated heterocycles. The number of hydrogen-bond donors (Lipinski definition) is 0. The molecule has 0 aromatic heterocycles. The van der Waals surface area contributed by atoms with Crippen LogP contribution in [0.2, 0.25) is 0 Å². The van der Waals surface area contributed by atoms with Gasteiger partial charge in [-0.25, -0.2) is 75.0 Å². The third kappa shape index (κ3) is 9.32. The lowest BCUT2D eigenvalue weighted by Gasteiger charge is -2.45. The maximum atomic E-state index is 17.8. The highest BCUT2D eigenvalue weighted by atomic mass is 19.2. The Morgan fingerprint density at radius 2 is 0.469 bits per heavy atom. The van der Waals surface area contributed by atoms with Gasteiger partial charge in [0.15, 0.2) is 63.9 Å². The zero-order chi connectivity index (χ0) is 59.4. The van der Waals surface area contributed by atoms with Crippen molar-refractivity contribution in [3.8, 4) is 44.5 Å². The highest BCUT2D eigenvalue weighted by Gasteiger charge is 2.52. The summed E-state index contributed by atoms with van der Waals surface area (Å²) in [6.07, 6.45) is -7.61. The number of Topliss-reactive ketones (excluding diaryl/α,β-unsaturated/α-hetero) is 3. The van der Waals surface area contributed by atoms with E-state index in [4.69, 9.17) is 0 Å². The first kappa shape index (κ1) is 58.3. The largest absolute Gasteiger partial charge is 0.465 e. The van der Waals surface area contributed by atoms with Crippen LogP contribution in [0.4, 0.5) is 70.2 Å². The number of esters is 1. The lowest BCUT2D eigenvalue weighted by atomic mass is 9.12. The Morgan fingerprint density at radius 1 is 0.296 bits per heavy atom.